The van der Waals surface area contributed by atoms with Crippen molar-refractivity contribution in [2.24, 2.45) is 23.2 Å². The predicted octanol–water partition coefficient (Wildman–Crippen LogP) is 5.18. The van der Waals surface area contributed by atoms with Crippen LogP contribution in [0.1, 0.15) is 47.1 Å². The molecule has 0 nitrogen and oxygen atoms in total. The van der Waals surface area contributed by atoms with Gasteiger partial charge in [0.15, 0.2) is 0 Å². The van der Waals surface area contributed by atoms with E-state index >= 15 is 0 Å². The molecule has 1 rings (SSSR count). The van der Waals surface area contributed by atoms with Crippen LogP contribution in [-0.2, 0) is 6.42 Å². The number of hydrogen-bond acceptors (Lipinski definition) is 0. The summed E-state index contributed by atoms with van der Waals surface area (Å²) in [5, 5.41) is 0. The van der Waals surface area contributed by atoms with Crippen LogP contribution in [0.25, 0.3) is 0 Å². The Hall–Kier alpha value is -0.780. The number of benzene rings is 1. The van der Waals surface area contributed by atoms with Crippen molar-refractivity contribution in [2.75, 3.05) is 0 Å². The smallest absolute Gasteiger partial charge is 0.0188 e. The molecule has 17 heavy (non-hydrogen) atoms. The lowest BCUT2D eigenvalue weighted by molar-refractivity contribution is 0.0496. The Morgan fingerprint density at radius 1 is 0.765 bits per heavy atom. The van der Waals surface area contributed by atoms with Gasteiger partial charge >= 0.3 is 0 Å². The minimum Gasteiger partial charge on any atom is -0.0622 e. The molecule has 0 atom stereocenters. The summed E-state index contributed by atoms with van der Waals surface area (Å²) in [6.07, 6.45) is 1.20. The molecular weight excluding hydrogens is 204 g/mol. The summed E-state index contributed by atoms with van der Waals surface area (Å²) in [7, 11) is 0. The van der Waals surface area contributed by atoms with Crippen LogP contribution in [0.2, 0.25) is 0 Å². The van der Waals surface area contributed by atoms with Crippen molar-refractivity contribution in [2.45, 2.75) is 48.0 Å². The van der Waals surface area contributed by atoms with Gasteiger partial charge in [-0.25, -0.2) is 0 Å². The van der Waals surface area contributed by atoms with Crippen LogP contribution in [0.5, 0.6) is 0 Å². The summed E-state index contributed by atoms with van der Waals surface area (Å²) in [5.74, 6) is 2.13. The Labute approximate surface area is 107 Å². The van der Waals surface area contributed by atoms with Gasteiger partial charge in [-0.15, -0.1) is 0 Å². The molecule has 0 heterocycles. The summed E-state index contributed by atoms with van der Waals surface area (Å²) in [6.45, 7) is 14.3. The van der Waals surface area contributed by atoms with Crippen molar-refractivity contribution in [3.63, 3.8) is 0 Å². The van der Waals surface area contributed by atoms with Crippen LogP contribution in [0.3, 0.4) is 0 Å². The van der Waals surface area contributed by atoms with Gasteiger partial charge in [-0.1, -0.05) is 71.9 Å². The van der Waals surface area contributed by atoms with E-state index < -0.39 is 0 Å². The van der Waals surface area contributed by atoms with Gasteiger partial charge in [0, 0.05) is 0 Å². The first-order valence-corrected chi connectivity index (χ1v) is 6.95. The van der Waals surface area contributed by atoms with E-state index in [1.807, 2.05) is 0 Å². The normalized spacial score (nSPS) is 12.8. The molecule has 0 bridgehead atoms. The first-order chi connectivity index (χ1) is 7.91. The standard InChI is InChI=1S/C17H28/c1-13(2)17(14(3)4,15(5)6)12-16-10-8-7-9-11-16/h7-11,13-15H,12H2,1-6H3. The molecule has 0 fully saturated rings. The Kier molecular flexibility index (Phi) is 4.80. The summed E-state index contributed by atoms with van der Waals surface area (Å²) < 4.78 is 0. The minimum atomic E-state index is 0.404. The summed E-state index contributed by atoms with van der Waals surface area (Å²) >= 11 is 0. The first kappa shape index (κ1) is 14.3. The molecule has 0 aromatic heterocycles. The zero-order valence-electron chi connectivity index (χ0n) is 12.3. The van der Waals surface area contributed by atoms with Crippen molar-refractivity contribution in [3.8, 4) is 0 Å². The Balaban J connectivity index is 3.07. The van der Waals surface area contributed by atoms with E-state index in [0.29, 0.717) is 23.2 Å². The van der Waals surface area contributed by atoms with Gasteiger partial charge in [-0.2, -0.15) is 0 Å². The molecule has 1 aromatic rings. The highest BCUT2D eigenvalue weighted by Gasteiger charge is 2.39. The fourth-order valence-electron chi connectivity index (χ4n) is 3.56. The van der Waals surface area contributed by atoms with Crippen LogP contribution in [0, 0.1) is 23.2 Å². The molecule has 0 saturated carbocycles. The second-order valence-electron chi connectivity index (χ2n) is 6.24. The molecule has 0 amide bonds. The van der Waals surface area contributed by atoms with Gasteiger partial charge in [0.05, 0.1) is 0 Å². The average molecular weight is 232 g/mol. The zero-order valence-corrected chi connectivity index (χ0v) is 12.3. The predicted molar refractivity (Wildman–Crippen MR) is 77.1 cm³/mol. The third-order valence-corrected chi connectivity index (χ3v) is 4.58. The quantitative estimate of drug-likeness (QED) is 0.656. The molecule has 96 valence electrons. The van der Waals surface area contributed by atoms with E-state index in [-0.39, 0.29) is 0 Å². The molecular formula is C17H28. The number of hydrogen-bond donors (Lipinski definition) is 0. The molecule has 0 saturated heterocycles. The van der Waals surface area contributed by atoms with Crippen LogP contribution in [-0.4, -0.2) is 0 Å². The molecule has 0 aliphatic carbocycles. The highest BCUT2D eigenvalue weighted by molar-refractivity contribution is 5.17. The fourth-order valence-corrected chi connectivity index (χ4v) is 3.56. The monoisotopic (exact) mass is 232 g/mol. The van der Waals surface area contributed by atoms with Gasteiger partial charge in [-0.3, -0.25) is 0 Å². The van der Waals surface area contributed by atoms with Crippen LogP contribution in [0.4, 0.5) is 0 Å². The summed E-state index contributed by atoms with van der Waals surface area (Å²) in [4.78, 5) is 0. The van der Waals surface area contributed by atoms with Gasteiger partial charge < -0.3 is 0 Å². The molecule has 0 radical (unpaired) electrons. The van der Waals surface area contributed by atoms with E-state index in [2.05, 4.69) is 71.9 Å². The van der Waals surface area contributed by atoms with Gasteiger partial charge in [-0.05, 0) is 35.2 Å². The third-order valence-electron chi connectivity index (χ3n) is 4.58. The molecule has 0 heteroatoms. The molecule has 0 aliphatic rings. The molecule has 0 N–H and O–H groups in total. The van der Waals surface area contributed by atoms with E-state index in [9.17, 15) is 0 Å². The highest BCUT2D eigenvalue weighted by Crippen LogP contribution is 2.45. The lowest BCUT2D eigenvalue weighted by Gasteiger charge is -2.45. The van der Waals surface area contributed by atoms with Crippen LogP contribution >= 0.6 is 0 Å². The Bertz CT molecular complexity index is 297. The minimum absolute atomic E-state index is 0.404. The maximum atomic E-state index is 2.38. The third kappa shape index (κ3) is 2.91. The second-order valence-corrected chi connectivity index (χ2v) is 6.24. The maximum Gasteiger partial charge on any atom is -0.0188 e. The number of rotatable bonds is 5. The van der Waals surface area contributed by atoms with Crippen LogP contribution in [0.15, 0.2) is 30.3 Å². The molecule has 0 unspecified atom stereocenters. The Morgan fingerprint density at radius 2 is 1.18 bits per heavy atom. The van der Waals surface area contributed by atoms with Crippen molar-refractivity contribution in [3.05, 3.63) is 35.9 Å². The molecule has 1 aromatic carbocycles. The van der Waals surface area contributed by atoms with Crippen molar-refractivity contribution in [1.82, 2.24) is 0 Å². The zero-order chi connectivity index (χ0) is 13.1. The molecule has 0 aliphatic heterocycles. The lowest BCUT2D eigenvalue weighted by atomic mass is 9.59. The van der Waals surface area contributed by atoms with E-state index in [1.54, 1.807) is 0 Å². The van der Waals surface area contributed by atoms with Crippen LogP contribution < -0.4 is 0 Å². The fraction of sp³-hybridized carbons (Fsp3) is 0.647. The summed E-state index contributed by atoms with van der Waals surface area (Å²) in [5.41, 5.74) is 1.88. The highest BCUT2D eigenvalue weighted by atomic mass is 14.4. The van der Waals surface area contributed by atoms with Crippen molar-refractivity contribution in [1.29, 1.82) is 0 Å². The SMILES string of the molecule is CC(C)C(Cc1ccccc1)(C(C)C)C(C)C. The van der Waals surface area contributed by atoms with E-state index in [0.717, 1.165) is 0 Å². The largest absolute Gasteiger partial charge is 0.0622 e. The van der Waals surface area contributed by atoms with Crippen molar-refractivity contribution >= 4 is 0 Å². The average Bonchev–Trinajstić information content (AvgIpc) is 2.25. The Morgan fingerprint density at radius 3 is 1.53 bits per heavy atom. The lowest BCUT2D eigenvalue weighted by Crippen LogP contribution is -2.40. The van der Waals surface area contributed by atoms with Crippen molar-refractivity contribution < 1.29 is 0 Å². The van der Waals surface area contributed by atoms with Gasteiger partial charge in [0.1, 0.15) is 0 Å². The van der Waals surface area contributed by atoms with E-state index in [1.165, 1.54) is 12.0 Å². The van der Waals surface area contributed by atoms with E-state index in [4.69, 9.17) is 0 Å². The first-order valence-electron chi connectivity index (χ1n) is 6.95. The maximum absolute atomic E-state index is 2.38. The topological polar surface area (TPSA) is 0 Å². The van der Waals surface area contributed by atoms with Gasteiger partial charge in [0.25, 0.3) is 0 Å². The summed E-state index contributed by atoms with van der Waals surface area (Å²) in [6, 6.07) is 10.9. The molecule has 0 spiro atoms. The second kappa shape index (κ2) is 5.71. The van der Waals surface area contributed by atoms with Gasteiger partial charge in [0.2, 0.25) is 0 Å².